The van der Waals surface area contributed by atoms with Crippen LogP contribution in [0.5, 0.6) is 0 Å². The van der Waals surface area contributed by atoms with Gasteiger partial charge in [-0.15, -0.1) is 0 Å². The van der Waals surface area contributed by atoms with Crippen LogP contribution < -0.4 is 10.2 Å². The summed E-state index contributed by atoms with van der Waals surface area (Å²) in [6, 6.07) is 9.94. The molecule has 1 aromatic carbocycles. The highest BCUT2D eigenvalue weighted by Crippen LogP contribution is 2.29. The lowest BCUT2D eigenvalue weighted by atomic mass is 10.1. The number of nitrogens with zero attached hydrogens (tertiary/aromatic N) is 1. The fourth-order valence-electron chi connectivity index (χ4n) is 3.15. The molecule has 0 heterocycles. The third-order valence-corrected chi connectivity index (χ3v) is 4.17. The van der Waals surface area contributed by atoms with Gasteiger partial charge in [0.15, 0.2) is 0 Å². The zero-order valence-corrected chi connectivity index (χ0v) is 13.4. The molecule has 0 spiro atoms. The summed E-state index contributed by atoms with van der Waals surface area (Å²) >= 11 is 0. The monoisotopic (exact) mass is 274 g/mol. The minimum atomic E-state index is 0.719. The first-order chi connectivity index (χ1) is 9.70. The second kappa shape index (κ2) is 7.68. The lowest BCUT2D eigenvalue weighted by Gasteiger charge is -2.33. The highest BCUT2D eigenvalue weighted by Gasteiger charge is 2.23. The van der Waals surface area contributed by atoms with Crippen molar-refractivity contribution in [3.05, 3.63) is 29.8 Å². The van der Waals surface area contributed by atoms with Crippen molar-refractivity contribution in [2.24, 2.45) is 5.92 Å². The van der Waals surface area contributed by atoms with Crippen molar-refractivity contribution in [3.63, 3.8) is 0 Å². The van der Waals surface area contributed by atoms with Gasteiger partial charge in [-0.25, -0.2) is 0 Å². The molecule has 1 aliphatic carbocycles. The maximum absolute atomic E-state index is 3.39. The molecule has 2 heteroatoms. The van der Waals surface area contributed by atoms with E-state index in [1.165, 1.54) is 43.5 Å². The molecule has 1 aliphatic rings. The molecule has 0 radical (unpaired) electrons. The molecule has 2 nitrogen and oxygen atoms in total. The van der Waals surface area contributed by atoms with Gasteiger partial charge in [0.05, 0.1) is 0 Å². The van der Waals surface area contributed by atoms with E-state index in [4.69, 9.17) is 0 Å². The average molecular weight is 274 g/mol. The van der Waals surface area contributed by atoms with Gasteiger partial charge in [0.1, 0.15) is 0 Å². The Kier molecular flexibility index (Phi) is 5.90. The molecule has 2 rings (SSSR count). The summed E-state index contributed by atoms with van der Waals surface area (Å²) in [7, 11) is 0. The summed E-state index contributed by atoms with van der Waals surface area (Å²) in [5.74, 6) is 0.719. The van der Waals surface area contributed by atoms with E-state index in [-0.39, 0.29) is 0 Å². The molecule has 0 saturated heterocycles. The van der Waals surface area contributed by atoms with E-state index in [0.29, 0.717) is 0 Å². The Labute approximate surface area is 124 Å². The molecule has 1 saturated carbocycles. The number of nitrogens with one attached hydrogen (secondary N) is 1. The van der Waals surface area contributed by atoms with Crippen LogP contribution >= 0.6 is 0 Å². The number of hydrogen-bond acceptors (Lipinski definition) is 2. The Hall–Kier alpha value is -1.02. The number of anilines is 1. The quantitative estimate of drug-likeness (QED) is 0.801. The SMILES string of the molecule is CCNCc1ccc(N(CC(C)C)C2CCCC2)cc1. The van der Waals surface area contributed by atoms with Gasteiger partial charge in [-0.1, -0.05) is 45.7 Å². The van der Waals surface area contributed by atoms with Gasteiger partial charge < -0.3 is 10.2 Å². The van der Waals surface area contributed by atoms with Gasteiger partial charge in [-0.05, 0) is 43.0 Å². The van der Waals surface area contributed by atoms with E-state index in [9.17, 15) is 0 Å². The van der Waals surface area contributed by atoms with Gasteiger partial charge >= 0.3 is 0 Å². The molecule has 0 aromatic heterocycles. The molecule has 20 heavy (non-hydrogen) atoms. The smallest absolute Gasteiger partial charge is 0.0368 e. The van der Waals surface area contributed by atoms with Crippen LogP contribution in [0.15, 0.2) is 24.3 Å². The molecular weight excluding hydrogens is 244 g/mol. The van der Waals surface area contributed by atoms with Crippen molar-refractivity contribution in [3.8, 4) is 0 Å². The van der Waals surface area contributed by atoms with E-state index in [0.717, 1.165) is 25.0 Å². The van der Waals surface area contributed by atoms with Crippen molar-refractivity contribution in [1.29, 1.82) is 0 Å². The lowest BCUT2D eigenvalue weighted by Crippen LogP contribution is -2.36. The highest BCUT2D eigenvalue weighted by atomic mass is 15.2. The number of rotatable bonds is 7. The van der Waals surface area contributed by atoms with Gasteiger partial charge in [0, 0.05) is 24.8 Å². The van der Waals surface area contributed by atoms with Crippen molar-refractivity contribution < 1.29 is 0 Å². The van der Waals surface area contributed by atoms with E-state index in [2.05, 4.69) is 55.3 Å². The molecule has 1 fully saturated rings. The molecule has 0 bridgehead atoms. The molecule has 0 atom stereocenters. The average Bonchev–Trinajstić information content (AvgIpc) is 2.97. The summed E-state index contributed by atoms with van der Waals surface area (Å²) in [4.78, 5) is 2.65. The van der Waals surface area contributed by atoms with Crippen molar-refractivity contribution in [2.75, 3.05) is 18.0 Å². The summed E-state index contributed by atoms with van der Waals surface area (Å²) in [6.45, 7) is 9.98. The summed E-state index contributed by atoms with van der Waals surface area (Å²) in [6.07, 6.45) is 5.53. The largest absolute Gasteiger partial charge is 0.368 e. The molecule has 1 aromatic rings. The first-order valence-electron chi connectivity index (χ1n) is 8.27. The zero-order valence-electron chi connectivity index (χ0n) is 13.4. The summed E-state index contributed by atoms with van der Waals surface area (Å²) < 4.78 is 0. The number of benzene rings is 1. The Morgan fingerprint density at radius 3 is 2.35 bits per heavy atom. The Bertz CT molecular complexity index is 377. The van der Waals surface area contributed by atoms with Crippen LogP contribution in [-0.2, 0) is 6.54 Å². The van der Waals surface area contributed by atoms with E-state index in [1.807, 2.05) is 0 Å². The van der Waals surface area contributed by atoms with E-state index >= 15 is 0 Å². The highest BCUT2D eigenvalue weighted by molar-refractivity contribution is 5.49. The molecular formula is C18H30N2. The third-order valence-electron chi connectivity index (χ3n) is 4.17. The van der Waals surface area contributed by atoms with Crippen molar-refractivity contribution >= 4 is 5.69 Å². The van der Waals surface area contributed by atoms with Crippen LogP contribution in [0.4, 0.5) is 5.69 Å². The van der Waals surface area contributed by atoms with Crippen LogP contribution in [0.1, 0.15) is 52.0 Å². The topological polar surface area (TPSA) is 15.3 Å². The lowest BCUT2D eigenvalue weighted by molar-refractivity contribution is 0.536. The first kappa shape index (κ1) is 15.4. The molecule has 0 aliphatic heterocycles. The van der Waals surface area contributed by atoms with Gasteiger partial charge in [-0.3, -0.25) is 0 Å². The standard InChI is InChI=1S/C18H30N2/c1-4-19-13-16-9-11-18(12-10-16)20(14-15(2)3)17-7-5-6-8-17/h9-12,15,17,19H,4-8,13-14H2,1-3H3. The normalized spacial score (nSPS) is 16.0. The predicted molar refractivity (Wildman–Crippen MR) is 88.3 cm³/mol. The summed E-state index contributed by atoms with van der Waals surface area (Å²) in [5, 5.41) is 3.39. The van der Waals surface area contributed by atoms with Crippen molar-refractivity contribution in [1.82, 2.24) is 5.32 Å². The minimum Gasteiger partial charge on any atom is -0.368 e. The van der Waals surface area contributed by atoms with E-state index in [1.54, 1.807) is 0 Å². The van der Waals surface area contributed by atoms with Gasteiger partial charge in [0.2, 0.25) is 0 Å². The van der Waals surface area contributed by atoms with Crippen molar-refractivity contribution in [2.45, 2.75) is 59.0 Å². The molecule has 1 N–H and O–H groups in total. The van der Waals surface area contributed by atoms with Crippen LogP contribution in [0.25, 0.3) is 0 Å². The molecule has 112 valence electrons. The maximum atomic E-state index is 3.39. The van der Waals surface area contributed by atoms with Crippen LogP contribution in [0.2, 0.25) is 0 Å². The fraction of sp³-hybridized carbons (Fsp3) is 0.667. The Morgan fingerprint density at radius 2 is 1.80 bits per heavy atom. The minimum absolute atomic E-state index is 0.719. The molecule has 0 unspecified atom stereocenters. The van der Waals surface area contributed by atoms with Gasteiger partial charge in [-0.2, -0.15) is 0 Å². The molecule has 0 amide bonds. The van der Waals surface area contributed by atoms with Crippen LogP contribution in [-0.4, -0.2) is 19.1 Å². The number of hydrogen-bond donors (Lipinski definition) is 1. The predicted octanol–water partition coefficient (Wildman–Crippen LogP) is 4.20. The van der Waals surface area contributed by atoms with Gasteiger partial charge in [0.25, 0.3) is 0 Å². The fourth-order valence-corrected chi connectivity index (χ4v) is 3.15. The van der Waals surface area contributed by atoms with E-state index < -0.39 is 0 Å². The maximum Gasteiger partial charge on any atom is 0.0368 e. The first-order valence-corrected chi connectivity index (χ1v) is 8.27. The van der Waals surface area contributed by atoms with Crippen LogP contribution in [0, 0.1) is 5.92 Å². The second-order valence-corrected chi connectivity index (χ2v) is 6.43. The Morgan fingerprint density at radius 1 is 1.15 bits per heavy atom. The zero-order chi connectivity index (χ0) is 14.4. The summed E-state index contributed by atoms with van der Waals surface area (Å²) in [5.41, 5.74) is 2.79. The van der Waals surface area contributed by atoms with Crippen LogP contribution in [0.3, 0.4) is 0 Å². The Balaban J connectivity index is 2.07. The second-order valence-electron chi connectivity index (χ2n) is 6.43. The third kappa shape index (κ3) is 4.24.